The zero-order valence-corrected chi connectivity index (χ0v) is 8.70. The molecule has 80 valence electrons. The Hall–Kier alpha value is -1.39. The quantitative estimate of drug-likeness (QED) is 0.277. The second-order valence-electron chi connectivity index (χ2n) is 2.35. The van der Waals surface area contributed by atoms with Crippen molar-refractivity contribution in [2.75, 3.05) is 13.2 Å². The van der Waals surface area contributed by atoms with Crippen LogP contribution in [0.1, 0.15) is 27.2 Å². The molecule has 0 aromatic heterocycles. The topological polar surface area (TPSA) is 65.0 Å². The van der Waals surface area contributed by atoms with E-state index in [9.17, 15) is 9.59 Å². The summed E-state index contributed by atoms with van der Waals surface area (Å²) in [5, 5.41) is 3.42. The molecule has 0 aromatic carbocycles. The van der Waals surface area contributed by atoms with E-state index in [0.717, 1.165) is 0 Å². The lowest BCUT2D eigenvalue weighted by Crippen LogP contribution is -2.26. The maximum Gasteiger partial charge on any atom is 0.364 e. The van der Waals surface area contributed by atoms with Crippen LogP contribution in [-0.4, -0.2) is 30.7 Å². The van der Waals surface area contributed by atoms with Crippen LogP contribution in [0.25, 0.3) is 0 Å². The molecule has 0 bridgehead atoms. The molecule has 0 heterocycles. The fourth-order valence-corrected chi connectivity index (χ4v) is 0.698. The second kappa shape index (κ2) is 7.06. The first-order chi connectivity index (χ1) is 6.67. The summed E-state index contributed by atoms with van der Waals surface area (Å²) in [6.45, 7) is 5.53. The van der Waals surface area contributed by atoms with E-state index in [2.05, 4.69) is 14.7 Å². The van der Waals surface area contributed by atoms with Gasteiger partial charge < -0.3 is 9.57 Å². The van der Waals surface area contributed by atoms with Crippen molar-refractivity contribution in [1.29, 1.82) is 0 Å². The summed E-state index contributed by atoms with van der Waals surface area (Å²) in [4.78, 5) is 27.1. The van der Waals surface area contributed by atoms with Gasteiger partial charge in [0.05, 0.1) is 6.61 Å². The van der Waals surface area contributed by atoms with Gasteiger partial charge in [-0.15, -0.1) is 0 Å². The standard InChI is InChI=1S/C9H15NO4/c1-4-7(11)8(10-14-6-3)9(12)13-5-2/h4-6H2,1-3H3. The summed E-state index contributed by atoms with van der Waals surface area (Å²) in [5.41, 5.74) is -0.267. The van der Waals surface area contributed by atoms with E-state index in [1.807, 2.05) is 0 Å². The van der Waals surface area contributed by atoms with Crippen LogP contribution in [0.5, 0.6) is 0 Å². The first kappa shape index (κ1) is 12.6. The monoisotopic (exact) mass is 201 g/mol. The lowest BCUT2D eigenvalue weighted by atomic mass is 10.2. The number of nitrogens with zero attached hydrogens (tertiary/aromatic N) is 1. The Morgan fingerprint density at radius 1 is 1.14 bits per heavy atom. The average molecular weight is 201 g/mol. The number of rotatable bonds is 6. The van der Waals surface area contributed by atoms with Gasteiger partial charge >= 0.3 is 5.97 Å². The minimum atomic E-state index is -0.729. The van der Waals surface area contributed by atoms with Crippen LogP contribution < -0.4 is 0 Å². The van der Waals surface area contributed by atoms with E-state index in [1.165, 1.54) is 0 Å². The van der Waals surface area contributed by atoms with Crippen molar-refractivity contribution in [3.8, 4) is 0 Å². The number of esters is 1. The summed E-state index contributed by atoms with van der Waals surface area (Å²) >= 11 is 0. The summed E-state index contributed by atoms with van der Waals surface area (Å²) < 4.78 is 4.65. The fourth-order valence-electron chi connectivity index (χ4n) is 0.698. The molecule has 0 N–H and O–H groups in total. The minimum Gasteiger partial charge on any atom is -0.461 e. The molecule has 0 unspecified atom stereocenters. The lowest BCUT2D eigenvalue weighted by molar-refractivity contribution is -0.136. The third-order valence-electron chi connectivity index (χ3n) is 1.34. The van der Waals surface area contributed by atoms with E-state index < -0.39 is 5.97 Å². The lowest BCUT2D eigenvalue weighted by Gasteiger charge is -2.02. The van der Waals surface area contributed by atoms with E-state index >= 15 is 0 Å². The van der Waals surface area contributed by atoms with E-state index in [4.69, 9.17) is 0 Å². The van der Waals surface area contributed by atoms with Crippen LogP contribution in [0.2, 0.25) is 0 Å². The molecule has 0 aliphatic rings. The molecule has 0 spiro atoms. The van der Waals surface area contributed by atoms with Crippen LogP contribution in [0.15, 0.2) is 5.16 Å². The average Bonchev–Trinajstić information content (AvgIpc) is 2.18. The Kier molecular flexibility index (Phi) is 6.36. The van der Waals surface area contributed by atoms with Crippen molar-refractivity contribution < 1.29 is 19.2 Å². The Labute approximate surface area is 83.1 Å². The van der Waals surface area contributed by atoms with Gasteiger partial charge in [-0.2, -0.15) is 0 Å². The van der Waals surface area contributed by atoms with Gasteiger partial charge in [-0.05, 0) is 13.8 Å². The Balaban J connectivity index is 4.54. The highest BCUT2D eigenvalue weighted by Gasteiger charge is 2.20. The van der Waals surface area contributed by atoms with E-state index in [-0.39, 0.29) is 24.5 Å². The molecule has 0 radical (unpaired) electrons. The van der Waals surface area contributed by atoms with Gasteiger partial charge in [0.2, 0.25) is 5.71 Å². The maximum atomic E-state index is 11.2. The number of hydrogen-bond donors (Lipinski definition) is 0. The third kappa shape index (κ3) is 4.02. The van der Waals surface area contributed by atoms with Crippen molar-refractivity contribution >= 4 is 17.5 Å². The number of hydrogen-bond acceptors (Lipinski definition) is 5. The van der Waals surface area contributed by atoms with Crippen molar-refractivity contribution in [2.45, 2.75) is 27.2 Å². The Morgan fingerprint density at radius 3 is 2.21 bits per heavy atom. The van der Waals surface area contributed by atoms with Gasteiger partial charge in [0.1, 0.15) is 6.61 Å². The molecular formula is C9H15NO4. The summed E-state index contributed by atoms with van der Waals surface area (Å²) in [7, 11) is 0. The number of ketones is 1. The van der Waals surface area contributed by atoms with Crippen molar-refractivity contribution in [3.05, 3.63) is 0 Å². The van der Waals surface area contributed by atoms with Gasteiger partial charge in [-0.1, -0.05) is 12.1 Å². The summed E-state index contributed by atoms with van der Waals surface area (Å²) in [6, 6.07) is 0. The van der Waals surface area contributed by atoms with Gasteiger partial charge in [0, 0.05) is 6.42 Å². The molecule has 0 rings (SSSR count). The molecular weight excluding hydrogens is 186 g/mol. The highest BCUT2D eigenvalue weighted by Crippen LogP contribution is 1.93. The SMILES string of the molecule is CCON=C(C(=O)CC)C(=O)OCC. The number of carbonyl (C=O) groups is 2. The normalized spacial score (nSPS) is 10.9. The highest BCUT2D eigenvalue weighted by atomic mass is 16.6. The maximum absolute atomic E-state index is 11.2. The van der Waals surface area contributed by atoms with Crippen LogP contribution in [0.3, 0.4) is 0 Å². The van der Waals surface area contributed by atoms with E-state index in [0.29, 0.717) is 6.61 Å². The van der Waals surface area contributed by atoms with Crippen LogP contribution >= 0.6 is 0 Å². The Bertz CT molecular complexity index is 235. The van der Waals surface area contributed by atoms with Crippen molar-refractivity contribution in [2.24, 2.45) is 5.16 Å². The minimum absolute atomic E-state index is 0.199. The number of carbonyl (C=O) groups excluding carboxylic acids is 2. The summed E-state index contributed by atoms with van der Waals surface area (Å²) in [6.07, 6.45) is 0.199. The first-order valence-corrected chi connectivity index (χ1v) is 4.57. The molecule has 14 heavy (non-hydrogen) atoms. The number of Topliss-reactive ketones (excluding diaryl/α,β-unsaturated/α-hetero) is 1. The predicted octanol–water partition coefficient (Wildman–Crippen LogP) is 0.921. The molecule has 0 aliphatic heterocycles. The fraction of sp³-hybridized carbons (Fsp3) is 0.667. The molecule has 0 amide bonds. The van der Waals surface area contributed by atoms with E-state index in [1.54, 1.807) is 20.8 Å². The van der Waals surface area contributed by atoms with Crippen LogP contribution in [0, 0.1) is 0 Å². The molecule has 0 fully saturated rings. The Morgan fingerprint density at radius 2 is 1.79 bits per heavy atom. The molecule has 0 saturated carbocycles. The third-order valence-corrected chi connectivity index (χ3v) is 1.34. The largest absolute Gasteiger partial charge is 0.461 e. The zero-order chi connectivity index (χ0) is 11.0. The van der Waals surface area contributed by atoms with Gasteiger partial charge in [-0.25, -0.2) is 4.79 Å². The zero-order valence-electron chi connectivity index (χ0n) is 8.70. The molecule has 0 aromatic rings. The first-order valence-electron chi connectivity index (χ1n) is 4.57. The van der Waals surface area contributed by atoms with Gasteiger partial charge in [-0.3, -0.25) is 4.79 Å². The van der Waals surface area contributed by atoms with Gasteiger partial charge in [0.25, 0.3) is 0 Å². The van der Waals surface area contributed by atoms with Gasteiger partial charge in [0.15, 0.2) is 5.78 Å². The predicted molar refractivity (Wildman–Crippen MR) is 51.0 cm³/mol. The molecule has 0 atom stereocenters. The second-order valence-corrected chi connectivity index (χ2v) is 2.35. The van der Waals surface area contributed by atoms with Crippen LogP contribution in [-0.2, 0) is 19.2 Å². The molecule has 5 heteroatoms. The number of oxime groups is 1. The number of ether oxygens (including phenoxy) is 1. The molecule has 0 saturated heterocycles. The smallest absolute Gasteiger partial charge is 0.364 e. The highest BCUT2D eigenvalue weighted by molar-refractivity contribution is 6.64. The van der Waals surface area contributed by atoms with Crippen LogP contribution in [0.4, 0.5) is 0 Å². The molecule has 0 aliphatic carbocycles. The summed E-state index contributed by atoms with van der Waals surface area (Å²) in [5.74, 6) is -1.11. The van der Waals surface area contributed by atoms with Crippen molar-refractivity contribution in [1.82, 2.24) is 0 Å². The van der Waals surface area contributed by atoms with Crippen molar-refractivity contribution in [3.63, 3.8) is 0 Å². The molecule has 5 nitrogen and oxygen atoms in total.